The van der Waals surface area contributed by atoms with Crippen LogP contribution in [0, 0.1) is 6.92 Å². The van der Waals surface area contributed by atoms with Gasteiger partial charge in [-0.3, -0.25) is 4.98 Å². The number of hydrogen-bond acceptors (Lipinski definition) is 12. The molecule has 0 spiro atoms. The largest absolute Gasteiger partial charge is 0.497 e. The zero-order valence-corrected chi connectivity index (χ0v) is 35.7. The first kappa shape index (κ1) is 41.5. The maximum absolute atomic E-state index is 13.0. The third-order valence-electron chi connectivity index (χ3n) is 10.9. The Kier molecular flexibility index (Phi) is 12.6. The first-order valence-electron chi connectivity index (χ1n) is 19.8. The molecule has 1 aliphatic rings. The van der Waals surface area contributed by atoms with Crippen LogP contribution in [-0.2, 0) is 17.8 Å². The number of ether oxygens (including phenoxy) is 5. The molecular formula is C47H44ClN5O7S. The number of halogens is 1. The standard InChI is InChI=1S/C47H44ClN5O7S/c1-28-34(18-19-38(43(28)48)59-27-32-13-10-22-53(32)2)41-42-40(25-50-44(41)30-12-9-14-33(23-30)56-3)61-52-46(42)60-39(47(54)55)24-29-11-5-7-16-36(29)58-26-31-20-21-49-45(51-31)35-15-6-8-17-37(35)57-4/h5-9,11-12,14-21,23,25,32,39H,10,13,22,24,26-27H2,1-4H3,(H,54,55). The SMILES string of the molecule is COc1cccc(-c2ncc3snc(OC(Cc4ccccc4OCc4ccnc(-c5ccccc5OC)n4)C(=O)O)c3c2-c2ccc(OCC3CCCN3C)c(Cl)c2C)c1. The summed E-state index contributed by atoms with van der Waals surface area (Å²) in [5, 5.41) is 11.7. The maximum atomic E-state index is 13.0. The maximum Gasteiger partial charge on any atom is 0.345 e. The average Bonchev–Trinajstić information content (AvgIpc) is 3.91. The third kappa shape index (κ3) is 8.95. The van der Waals surface area contributed by atoms with Crippen molar-refractivity contribution in [3.63, 3.8) is 0 Å². The smallest absolute Gasteiger partial charge is 0.345 e. The van der Waals surface area contributed by atoms with E-state index in [2.05, 4.69) is 21.3 Å². The number of carboxylic acids is 1. The fourth-order valence-corrected chi connectivity index (χ4v) is 8.49. The molecule has 3 aromatic heterocycles. The molecule has 4 heterocycles. The van der Waals surface area contributed by atoms with Crippen LogP contribution in [0.4, 0.5) is 0 Å². The number of methoxy groups -OCH3 is 2. The molecule has 0 radical (unpaired) electrons. The van der Waals surface area contributed by atoms with Crippen LogP contribution in [0.1, 0.15) is 29.7 Å². The Hall–Kier alpha value is -6.28. The van der Waals surface area contributed by atoms with Gasteiger partial charge in [0, 0.05) is 36.0 Å². The van der Waals surface area contributed by atoms with Crippen LogP contribution in [0.5, 0.6) is 28.9 Å². The van der Waals surface area contributed by atoms with Crippen molar-refractivity contribution < 1.29 is 33.6 Å². The van der Waals surface area contributed by atoms with Gasteiger partial charge >= 0.3 is 5.97 Å². The highest BCUT2D eigenvalue weighted by Gasteiger charge is 2.29. The number of fused-ring (bicyclic) bond motifs is 1. The van der Waals surface area contributed by atoms with Gasteiger partial charge in [-0.2, -0.15) is 4.37 Å². The molecule has 2 unspecified atom stereocenters. The van der Waals surface area contributed by atoms with Gasteiger partial charge in [-0.1, -0.05) is 60.1 Å². The first-order valence-corrected chi connectivity index (χ1v) is 21.0. The second-order valence-electron chi connectivity index (χ2n) is 14.7. The number of benzene rings is 4. The van der Waals surface area contributed by atoms with Crippen molar-refractivity contribution in [3.8, 4) is 62.7 Å². The fourth-order valence-electron chi connectivity index (χ4n) is 7.58. The number of hydrogen-bond donors (Lipinski definition) is 1. The number of likely N-dealkylation sites (N-methyl/N-ethyl adjacent to an activating group) is 1. The lowest BCUT2D eigenvalue weighted by Gasteiger charge is -2.21. The molecule has 1 fully saturated rings. The van der Waals surface area contributed by atoms with Gasteiger partial charge in [0.25, 0.3) is 0 Å². The molecule has 0 bridgehead atoms. The van der Waals surface area contributed by atoms with Crippen LogP contribution in [0.3, 0.4) is 0 Å². The van der Waals surface area contributed by atoms with E-state index in [9.17, 15) is 9.90 Å². The Morgan fingerprint density at radius 1 is 0.934 bits per heavy atom. The molecule has 2 atom stereocenters. The quantitative estimate of drug-likeness (QED) is 0.0991. The Balaban J connectivity index is 1.11. The summed E-state index contributed by atoms with van der Waals surface area (Å²) < 4.78 is 35.5. The number of rotatable bonds is 16. The molecular weight excluding hydrogens is 814 g/mol. The van der Waals surface area contributed by atoms with Crippen LogP contribution < -0.4 is 23.7 Å². The summed E-state index contributed by atoms with van der Waals surface area (Å²) in [6.07, 6.45) is 4.26. The van der Waals surface area contributed by atoms with E-state index in [0.29, 0.717) is 79.1 Å². The van der Waals surface area contributed by atoms with Crippen molar-refractivity contribution in [1.82, 2.24) is 24.2 Å². The Bertz CT molecular complexity index is 2690. The molecule has 61 heavy (non-hydrogen) atoms. The molecule has 0 aliphatic carbocycles. The van der Waals surface area contributed by atoms with Crippen LogP contribution in [-0.4, -0.2) is 81.9 Å². The highest BCUT2D eigenvalue weighted by molar-refractivity contribution is 7.13. The van der Waals surface area contributed by atoms with Crippen molar-refractivity contribution in [2.24, 2.45) is 0 Å². The first-order chi connectivity index (χ1) is 29.7. The summed E-state index contributed by atoms with van der Waals surface area (Å²) in [4.78, 5) is 29.4. The lowest BCUT2D eigenvalue weighted by Crippen LogP contribution is -2.30. The predicted octanol–water partition coefficient (Wildman–Crippen LogP) is 9.59. The monoisotopic (exact) mass is 857 g/mol. The predicted molar refractivity (Wildman–Crippen MR) is 236 cm³/mol. The summed E-state index contributed by atoms with van der Waals surface area (Å²) in [5.74, 6) is 1.90. The van der Waals surface area contributed by atoms with Gasteiger partial charge in [0.2, 0.25) is 12.0 Å². The normalized spacial score (nSPS) is 14.5. The highest BCUT2D eigenvalue weighted by atomic mass is 35.5. The van der Waals surface area contributed by atoms with Gasteiger partial charge in [0.1, 0.15) is 36.2 Å². The van der Waals surface area contributed by atoms with E-state index < -0.39 is 12.1 Å². The molecule has 8 rings (SSSR count). The topological polar surface area (TPSA) is 138 Å². The zero-order valence-electron chi connectivity index (χ0n) is 34.1. The van der Waals surface area contributed by atoms with E-state index >= 15 is 0 Å². The summed E-state index contributed by atoms with van der Waals surface area (Å²) in [5.41, 5.74) is 5.68. The van der Waals surface area contributed by atoms with Crippen LogP contribution in [0.15, 0.2) is 103 Å². The minimum Gasteiger partial charge on any atom is -0.497 e. The Morgan fingerprint density at radius 2 is 1.75 bits per heavy atom. The van der Waals surface area contributed by atoms with Crippen LogP contribution in [0.25, 0.3) is 43.9 Å². The van der Waals surface area contributed by atoms with E-state index in [-0.39, 0.29) is 18.9 Å². The highest BCUT2D eigenvalue weighted by Crippen LogP contribution is 2.46. The number of carboxylic acid groups (broad SMARTS) is 1. The third-order valence-corrected chi connectivity index (χ3v) is 12.1. The lowest BCUT2D eigenvalue weighted by molar-refractivity contribution is -0.145. The van der Waals surface area contributed by atoms with Crippen molar-refractivity contribution >= 4 is 39.2 Å². The van der Waals surface area contributed by atoms with Crippen LogP contribution >= 0.6 is 23.1 Å². The fraction of sp³-hybridized carbons (Fsp3) is 0.255. The molecule has 1 N–H and O–H groups in total. The number of pyridine rings is 1. The lowest BCUT2D eigenvalue weighted by atomic mass is 9.93. The second kappa shape index (κ2) is 18.5. The van der Waals surface area contributed by atoms with E-state index in [1.807, 2.05) is 85.8 Å². The number of para-hydroxylation sites is 2. The molecule has 12 nitrogen and oxygen atoms in total. The molecule has 14 heteroatoms. The summed E-state index contributed by atoms with van der Waals surface area (Å²) in [6, 6.07) is 28.4. The Labute approximate surface area is 362 Å². The van der Waals surface area contributed by atoms with Crippen molar-refractivity contribution in [1.29, 1.82) is 0 Å². The van der Waals surface area contributed by atoms with Gasteiger partial charge in [0.05, 0.1) is 46.3 Å². The van der Waals surface area contributed by atoms with E-state index in [1.54, 1.807) is 38.7 Å². The minimum atomic E-state index is -1.33. The zero-order chi connectivity index (χ0) is 42.5. The summed E-state index contributed by atoms with van der Waals surface area (Å²) in [6.45, 7) is 3.63. The molecule has 1 saturated heterocycles. The molecule has 1 aliphatic heterocycles. The number of aromatic nitrogens is 4. The number of likely N-dealkylation sites (tertiary alicyclic amines) is 1. The van der Waals surface area contributed by atoms with Gasteiger partial charge in [-0.05, 0) is 104 Å². The van der Waals surface area contributed by atoms with E-state index in [0.717, 1.165) is 41.6 Å². The summed E-state index contributed by atoms with van der Waals surface area (Å²) in [7, 11) is 5.33. The van der Waals surface area contributed by atoms with Gasteiger partial charge in [-0.15, -0.1) is 0 Å². The molecule has 0 saturated carbocycles. The summed E-state index contributed by atoms with van der Waals surface area (Å²) >= 11 is 8.28. The van der Waals surface area contributed by atoms with Crippen molar-refractivity contribution in [2.75, 3.05) is 34.4 Å². The Morgan fingerprint density at radius 3 is 2.54 bits per heavy atom. The number of carbonyl (C=O) groups is 1. The molecule has 312 valence electrons. The molecule has 4 aromatic carbocycles. The van der Waals surface area contributed by atoms with E-state index in [4.69, 9.17) is 45.3 Å². The molecule has 7 aromatic rings. The average molecular weight is 858 g/mol. The number of nitrogens with zero attached hydrogens (tertiary/aromatic N) is 5. The van der Waals surface area contributed by atoms with Gasteiger partial charge < -0.3 is 33.7 Å². The van der Waals surface area contributed by atoms with Crippen LogP contribution in [0.2, 0.25) is 5.02 Å². The minimum absolute atomic E-state index is 0.0169. The van der Waals surface area contributed by atoms with Crippen molar-refractivity contribution in [3.05, 3.63) is 125 Å². The van der Waals surface area contributed by atoms with Gasteiger partial charge in [-0.25, -0.2) is 14.8 Å². The van der Waals surface area contributed by atoms with E-state index in [1.165, 1.54) is 11.5 Å². The number of aliphatic carboxylic acids is 1. The second-order valence-corrected chi connectivity index (χ2v) is 15.9. The molecule has 0 amide bonds. The van der Waals surface area contributed by atoms with Crippen molar-refractivity contribution in [2.45, 2.75) is 44.9 Å². The van der Waals surface area contributed by atoms with Gasteiger partial charge in [0.15, 0.2) is 5.82 Å².